The number of aromatic amines is 1. The van der Waals surface area contributed by atoms with E-state index in [0.717, 1.165) is 23.7 Å². The van der Waals surface area contributed by atoms with Crippen molar-refractivity contribution in [2.24, 2.45) is 5.14 Å². The first-order chi connectivity index (χ1) is 9.45. The molecule has 0 saturated carbocycles. The molecular formula is C13H16ClN3O2S. The van der Waals surface area contributed by atoms with Crippen molar-refractivity contribution in [2.75, 3.05) is 13.1 Å². The zero-order chi connectivity index (χ0) is 14.3. The van der Waals surface area contributed by atoms with Crippen molar-refractivity contribution >= 4 is 32.7 Å². The number of piperidine rings is 1. The summed E-state index contributed by atoms with van der Waals surface area (Å²) in [6.07, 6.45) is 3.41. The number of rotatable bonds is 2. The Labute approximate surface area is 122 Å². The average molecular weight is 314 g/mol. The first-order valence-electron chi connectivity index (χ1n) is 6.49. The van der Waals surface area contributed by atoms with Gasteiger partial charge in [-0.05, 0) is 42.5 Å². The number of H-pyrrole nitrogens is 1. The van der Waals surface area contributed by atoms with Crippen LogP contribution in [0, 0.1) is 0 Å². The van der Waals surface area contributed by atoms with Gasteiger partial charge in [0, 0.05) is 35.2 Å². The molecule has 0 aliphatic carbocycles. The quantitative estimate of drug-likeness (QED) is 0.891. The molecule has 2 aromatic rings. The second-order valence-corrected chi connectivity index (χ2v) is 7.13. The van der Waals surface area contributed by atoms with Gasteiger partial charge in [0.1, 0.15) is 0 Å². The Balaban J connectivity index is 1.89. The topological polar surface area (TPSA) is 79.2 Å². The highest BCUT2D eigenvalue weighted by Gasteiger charge is 2.27. The van der Waals surface area contributed by atoms with Gasteiger partial charge in [-0.15, -0.1) is 0 Å². The van der Waals surface area contributed by atoms with E-state index in [9.17, 15) is 8.42 Å². The highest BCUT2D eigenvalue weighted by atomic mass is 35.5. The van der Waals surface area contributed by atoms with Gasteiger partial charge < -0.3 is 4.98 Å². The van der Waals surface area contributed by atoms with E-state index in [1.54, 1.807) is 0 Å². The fourth-order valence-electron chi connectivity index (χ4n) is 2.92. The molecule has 1 aromatic carbocycles. The molecule has 0 unspecified atom stereocenters. The monoisotopic (exact) mass is 313 g/mol. The van der Waals surface area contributed by atoms with Gasteiger partial charge in [0.05, 0.1) is 0 Å². The molecule has 1 aromatic heterocycles. The lowest BCUT2D eigenvalue weighted by molar-refractivity contribution is 0.320. The third-order valence-electron chi connectivity index (χ3n) is 3.92. The second-order valence-electron chi connectivity index (χ2n) is 5.15. The fourth-order valence-corrected chi connectivity index (χ4v) is 3.86. The molecule has 2 heterocycles. The van der Waals surface area contributed by atoms with Gasteiger partial charge in [0.25, 0.3) is 10.2 Å². The van der Waals surface area contributed by atoms with Crippen molar-refractivity contribution in [1.29, 1.82) is 0 Å². The van der Waals surface area contributed by atoms with E-state index in [1.807, 2.05) is 24.4 Å². The number of halogens is 1. The van der Waals surface area contributed by atoms with E-state index in [1.165, 1.54) is 9.87 Å². The molecule has 3 rings (SSSR count). The maximum absolute atomic E-state index is 11.3. The molecule has 3 N–H and O–H groups in total. The predicted molar refractivity (Wildman–Crippen MR) is 80.0 cm³/mol. The Morgan fingerprint density at radius 3 is 2.65 bits per heavy atom. The normalized spacial score (nSPS) is 18.7. The van der Waals surface area contributed by atoms with Crippen molar-refractivity contribution in [2.45, 2.75) is 18.8 Å². The molecule has 7 heteroatoms. The van der Waals surface area contributed by atoms with E-state index >= 15 is 0 Å². The zero-order valence-corrected chi connectivity index (χ0v) is 12.4. The smallest absolute Gasteiger partial charge is 0.276 e. The minimum absolute atomic E-state index is 0.310. The number of nitrogens with zero attached hydrogens (tertiary/aromatic N) is 1. The number of nitrogens with two attached hydrogens (primary N) is 1. The molecule has 1 aliphatic heterocycles. The minimum atomic E-state index is -3.57. The highest BCUT2D eigenvalue weighted by Crippen LogP contribution is 2.35. The van der Waals surface area contributed by atoms with Crippen molar-refractivity contribution in [3.63, 3.8) is 0 Å². The predicted octanol–water partition coefficient (Wildman–Crippen LogP) is 2.20. The van der Waals surface area contributed by atoms with Crippen molar-refractivity contribution in [3.8, 4) is 0 Å². The standard InChI is InChI=1S/C13H16ClN3O2S/c14-10-7-12(11-1-4-16-13(11)8-10)9-2-5-17(6-3-9)20(15,18)19/h1,4,7-9,16H,2-3,5-6H2,(H2,15,18,19). The SMILES string of the molecule is NS(=O)(=O)N1CCC(c2cc(Cl)cc3[nH]ccc23)CC1. The summed E-state index contributed by atoms with van der Waals surface area (Å²) in [5.41, 5.74) is 2.20. The number of fused-ring (bicyclic) bond motifs is 1. The summed E-state index contributed by atoms with van der Waals surface area (Å²) >= 11 is 6.15. The first-order valence-corrected chi connectivity index (χ1v) is 8.37. The summed E-state index contributed by atoms with van der Waals surface area (Å²) in [7, 11) is -3.57. The Kier molecular flexibility index (Phi) is 3.50. The molecule has 0 bridgehead atoms. The number of aromatic nitrogens is 1. The Morgan fingerprint density at radius 2 is 2.00 bits per heavy atom. The lowest BCUT2D eigenvalue weighted by Crippen LogP contribution is -2.41. The van der Waals surface area contributed by atoms with Crippen LogP contribution in [0.2, 0.25) is 5.02 Å². The van der Waals surface area contributed by atoms with Crippen LogP contribution in [-0.2, 0) is 10.2 Å². The lowest BCUT2D eigenvalue weighted by atomic mass is 9.88. The minimum Gasteiger partial charge on any atom is -0.361 e. The van der Waals surface area contributed by atoms with Crippen LogP contribution in [0.3, 0.4) is 0 Å². The van der Waals surface area contributed by atoms with Crippen LogP contribution in [0.5, 0.6) is 0 Å². The molecule has 108 valence electrons. The maximum atomic E-state index is 11.3. The van der Waals surface area contributed by atoms with Crippen LogP contribution < -0.4 is 5.14 Å². The summed E-state index contributed by atoms with van der Waals surface area (Å²) in [6, 6.07) is 5.92. The summed E-state index contributed by atoms with van der Waals surface area (Å²) in [5.74, 6) is 0.310. The van der Waals surface area contributed by atoms with E-state index in [0.29, 0.717) is 24.0 Å². The molecular weight excluding hydrogens is 298 g/mol. The highest BCUT2D eigenvalue weighted by molar-refractivity contribution is 7.86. The third kappa shape index (κ3) is 2.56. The van der Waals surface area contributed by atoms with Crippen molar-refractivity contribution in [3.05, 3.63) is 35.0 Å². The molecule has 5 nitrogen and oxygen atoms in total. The van der Waals surface area contributed by atoms with E-state index < -0.39 is 10.2 Å². The number of nitrogens with one attached hydrogen (secondary N) is 1. The van der Waals surface area contributed by atoms with Gasteiger partial charge in [-0.1, -0.05) is 11.6 Å². The van der Waals surface area contributed by atoms with Gasteiger partial charge in [-0.2, -0.15) is 12.7 Å². The summed E-state index contributed by atoms with van der Waals surface area (Å²) in [4.78, 5) is 3.16. The largest absolute Gasteiger partial charge is 0.361 e. The Hall–Kier alpha value is -1.08. The lowest BCUT2D eigenvalue weighted by Gasteiger charge is -2.30. The summed E-state index contributed by atoms with van der Waals surface area (Å²) < 4.78 is 24.0. The van der Waals surface area contributed by atoms with E-state index in [2.05, 4.69) is 4.98 Å². The zero-order valence-electron chi connectivity index (χ0n) is 10.8. The second kappa shape index (κ2) is 5.04. The molecule has 1 aliphatic rings. The van der Waals surface area contributed by atoms with E-state index in [4.69, 9.17) is 16.7 Å². The first kappa shape index (κ1) is 13.9. The average Bonchev–Trinajstić information content (AvgIpc) is 2.85. The van der Waals surface area contributed by atoms with Crippen LogP contribution in [-0.4, -0.2) is 30.8 Å². The number of hydrogen-bond donors (Lipinski definition) is 2. The van der Waals surface area contributed by atoms with Crippen LogP contribution in [0.4, 0.5) is 0 Å². The number of benzene rings is 1. The van der Waals surface area contributed by atoms with Gasteiger partial charge >= 0.3 is 0 Å². The maximum Gasteiger partial charge on any atom is 0.276 e. The third-order valence-corrected chi connectivity index (χ3v) is 5.22. The Morgan fingerprint density at radius 1 is 1.30 bits per heavy atom. The fraction of sp³-hybridized carbons (Fsp3) is 0.385. The van der Waals surface area contributed by atoms with Crippen LogP contribution in [0.25, 0.3) is 10.9 Å². The van der Waals surface area contributed by atoms with Gasteiger partial charge in [-0.25, -0.2) is 5.14 Å². The molecule has 0 spiro atoms. The summed E-state index contributed by atoms with van der Waals surface area (Å²) in [5, 5.41) is 7.02. The van der Waals surface area contributed by atoms with Gasteiger partial charge in [0.15, 0.2) is 0 Å². The van der Waals surface area contributed by atoms with Crippen LogP contribution in [0.15, 0.2) is 24.4 Å². The van der Waals surface area contributed by atoms with Crippen molar-refractivity contribution < 1.29 is 8.42 Å². The molecule has 1 saturated heterocycles. The molecule has 0 radical (unpaired) electrons. The van der Waals surface area contributed by atoms with Crippen molar-refractivity contribution in [1.82, 2.24) is 9.29 Å². The molecule has 20 heavy (non-hydrogen) atoms. The molecule has 0 amide bonds. The summed E-state index contributed by atoms with van der Waals surface area (Å²) in [6.45, 7) is 0.920. The van der Waals surface area contributed by atoms with Gasteiger partial charge in [-0.3, -0.25) is 0 Å². The molecule has 0 atom stereocenters. The van der Waals surface area contributed by atoms with E-state index in [-0.39, 0.29) is 0 Å². The van der Waals surface area contributed by atoms with Crippen LogP contribution in [0.1, 0.15) is 24.3 Å². The Bertz CT molecular complexity index is 733. The molecule has 1 fully saturated rings. The van der Waals surface area contributed by atoms with Crippen LogP contribution >= 0.6 is 11.6 Å². The van der Waals surface area contributed by atoms with Gasteiger partial charge in [0.2, 0.25) is 0 Å². The number of hydrogen-bond acceptors (Lipinski definition) is 2.